The summed E-state index contributed by atoms with van der Waals surface area (Å²) in [6, 6.07) is 3.18. The number of carboxylic acid groups (broad SMARTS) is 1. The van der Waals surface area contributed by atoms with Crippen molar-refractivity contribution in [1.82, 2.24) is 10.3 Å². The first-order valence-electron chi connectivity index (χ1n) is 6.18. The third-order valence-corrected chi connectivity index (χ3v) is 3.56. The summed E-state index contributed by atoms with van der Waals surface area (Å²) in [6.45, 7) is 4.54. The van der Waals surface area contributed by atoms with Gasteiger partial charge in [-0.1, -0.05) is 13.3 Å². The van der Waals surface area contributed by atoms with Gasteiger partial charge in [0, 0.05) is 17.6 Å². The molecule has 0 saturated carbocycles. The minimum absolute atomic E-state index is 0.0106. The molecule has 1 heterocycles. The molecule has 1 rings (SSSR count). The molecule has 0 saturated heterocycles. The number of pyridine rings is 1. The lowest BCUT2D eigenvalue weighted by atomic mass is 10.3. The molecule has 0 aromatic carbocycles. The van der Waals surface area contributed by atoms with Gasteiger partial charge in [-0.25, -0.2) is 9.78 Å². The van der Waals surface area contributed by atoms with Crippen LogP contribution in [0.25, 0.3) is 0 Å². The zero-order valence-electron chi connectivity index (χ0n) is 11.0. The monoisotopic (exact) mass is 282 g/mol. The van der Waals surface area contributed by atoms with E-state index < -0.39 is 5.97 Å². The van der Waals surface area contributed by atoms with Crippen molar-refractivity contribution in [3.05, 3.63) is 24.0 Å². The number of nitrogens with zero attached hydrogens (tertiary/aromatic N) is 1. The van der Waals surface area contributed by atoms with Crippen LogP contribution < -0.4 is 5.32 Å². The van der Waals surface area contributed by atoms with Crippen LogP contribution in [-0.4, -0.2) is 33.8 Å². The number of unbranched alkanes of at least 4 members (excludes halogenated alkanes) is 1. The SMILES string of the molecule is CCCCNC(=O)C(C)Sc1ccnc(C(=O)O)c1. The summed E-state index contributed by atoms with van der Waals surface area (Å²) >= 11 is 1.33. The predicted octanol–water partition coefficient (Wildman–Crippen LogP) is 2.18. The Labute approximate surface area is 116 Å². The highest BCUT2D eigenvalue weighted by atomic mass is 32.2. The molecular formula is C13H18N2O3S. The maximum absolute atomic E-state index is 11.8. The summed E-state index contributed by atoms with van der Waals surface area (Å²) in [7, 11) is 0. The second kappa shape index (κ2) is 7.78. The van der Waals surface area contributed by atoms with E-state index in [9.17, 15) is 9.59 Å². The molecule has 104 valence electrons. The number of nitrogens with one attached hydrogen (secondary N) is 1. The Bertz CT molecular complexity index is 451. The molecular weight excluding hydrogens is 264 g/mol. The van der Waals surface area contributed by atoms with Crippen LogP contribution in [-0.2, 0) is 4.79 Å². The number of aromatic nitrogens is 1. The first-order chi connectivity index (χ1) is 9.04. The van der Waals surface area contributed by atoms with Crippen molar-refractivity contribution < 1.29 is 14.7 Å². The van der Waals surface area contributed by atoms with Crippen LogP contribution in [0.2, 0.25) is 0 Å². The third kappa shape index (κ3) is 5.30. The van der Waals surface area contributed by atoms with Crippen molar-refractivity contribution in [2.75, 3.05) is 6.54 Å². The molecule has 0 aliphatic rings. The van der Waals surface area contributed by atoms with Crippen LogP contribution >= 0.6 is 11.8 Å². The van der Waals surface area contributed by atoms with E-state index in [0.717, 1.165) is 17.7 Å². The van der Waals surface area contributed by atoms with Gasteiger partial charge < -0.3 is 10.4 Å². The Morgan fingerprint density at radius 2 is 2.26 bits per heavy atom. The van der Waals surface area contributed by atoms with Gasteiger partial charge in [-0.15, -0.1) is 11.8 Å². The molecule has 1 aromatic rings. The maximum Gasteiger partial charge on any atom is 0.354 e. The molecule has 0 fully saturated rings. The van der Waals surface area contributed by atoms with E-state index in [2.05, 4.69) is 17.2 Å². The molecule has 1 amide bonds. The normalized spacial score (nSPS) is 11.9. The van der Waals surface area contributed by atoms with E-state index in [0.29, 0.717) is 6.54 Å². The largest absolute Gasteiger partial charge is 0.477 e. The second-order valence-corrected chi connectivity index (χ2v) is 5.50. The summed E-state index contributed by atoms with van der Waals surface area (Å²) < 4.78 is 0. The van der Waals surface area contributed by atoms with Gasteiger partial charge in [-0.2, -0.15) is 0 Å². The van der Waals surface area contributed by atoms with E-state index in [1.165, 1.54) is 24.0 Å². The fraction of sp³-hybridized carbons (Fsp3) is 0.462. The van der Waals surface area contributed by atoms with Gasteiger partial charge >= 0.3 is 5.97 Å². The standard InChI is InChI=1S/C13H18N2O3S/c1-3-4-6-15-12(16)9(2)19-10-5-7-14-11(8-10)13(17)18/h5,7-9H,3-4,6H2,1-2H3,(H,15,16)(H,17,18). The van der Waals surface area contributed by atoms with Crippen LogP contribution in [0.15, 0.2) is 23.2 Å². The molecule has 1 aromatic heterocycles. The van der Waals surface area contributed by atoms with E-state index in [1.807, 2.05) is 0 Å². The molecule has 0 aliphatic carbocycles. The Hall–Kier alpha value is -1.56. The molecule has 2 N–H and O–H groups in total. The maximum atomic E-state index is 11.8. The summed E-state index contributed by atoms with van der Waals surface area (Å²) in [5.41, 5.74) is -0.0106. The van der Waals surface area contributed by atoms with Crippen LogP contribution in [0, 0.1) is 0 Å². The molecule has 1 atom stereocenters. The highest BCUT2D eigenvalue weighted by molar-refractivity contribution is 8.00. The van der Waals surface area contributed by atoms with Gasteiger partial charge in [-0.05, 0) is 25.5 Å². The van der Waals surface area contributed by atoms with Gasteiger partial charge in [-0.3, -0.25) is 4.79 Å². The van der Waals surface area contributed by atoms with Crippen LogP contribution in [0.4, 0.5) is 0 Å². The molecule has 0 bridgehead atoms. The molecule has 6 heteroatoms. The summed E-state index contributed by atoms with van der Waals surface area (Å²) in [6.07, 6.45) is 3.43. The minimum Gasteiger partial charge on any atom is -0.477 e. The summed E-state index contributed by atoms with van der Waals surface area (Å²) in [5.74, 6) is -1.10. The Morgan fingerprint density at radius 1 is 1.53 bits per heavy atom. The zero-order chi connectivity index (χ0) is 14.3. The van der Waals surface area contributed by atoms with Gasteiger partial charge in [0.05, 0.1) is 5.25 Å². The molecule has 0 aliphatic heterocycles. The molecule has 0 radical (unpaired) electrons. The molecule has 5 nitrogen and oxygen atoms in total. The topological polar surface area (TPSA) is 79.3 Å². The summed E-state index contributed by atoms with van der Waals surface area (Å²) in [5, 5.41) is 11.4. The van der Waals surface area contributed by atoms with Gasteiger partial charge in [0.15, 0.2) is 0 Å². The van der Waals surface area contributed by atoms with E-state index in [4.69, 9.17) is 5.11 Å². The summed E-state index contributed by atoms with van der Waals surface area (Å²) in [4.78, 5) is 27.0. The van der Waals surface area contributed by atoms with E-state index in [-0.39, 0.29) is 16.9 Å². The first-order valence-corrected chi connectivity index (χ1v) is 7.06. The lowest BCUT2D eigenvalue weighted by Crippen LogP contribution is -2.31. The van der Waals surface area contributed by atoms with Crippen molar-refractivity contribution in [3.63, 3.8) is 0 Å². The number of thioether (sulfide) groups is 1. The Morgan fingerprint density at radius 3 is 2.89 bits per heavy atom. The number of hydrogen-bond donors (Lipinski definition) is 2. The van der Waals surface area contributed by atoms with Gasteiger partial charge in [0.2, 0.25) is 5.91 Å². The van der Waals surface area contributed by atoms with Crippen molar-refractivity contribution in [2.45, 2.75) is 36.8 Å². The molecule has 19 heavy (non-hydrogen) atoms. The average Bonchev–Trinajstić information content (AvgIpc) is 2.39. The molecule has 1 unspecified atom stereocenters. The quantitative estimate of drug-likeness (QED) is 0.592. The van der Waals surface area contributed by atoms with Crippen LogP contribution in [0.3, 0.4) is 0 Å². The second-order valence-electron chi connectivity index (χ2n) is 4.09. The zero-order valence-corrected chi connectivity index (χ0v) is 11.9. The highest BCUT2D eigenvalue weighted by Gasteiger charge is 2.14. The number of carbonyl (C=O) groups is 2. The van der Waals surface area contributed by atoms with Crippen LogP contribution in [0.5, 0.6) is 0 Å². The smallest absolute Gasteiger partial charge is 0.354 e. The number of carboxylic acids is 1. The number of amides is 1. The van der Waals surface area contributed by atoms with E-state index in [1.54, 1.807) is 13.0 Å². The van der Waals surface area contributed by atoms with Crippen molar-refractivity contribution in [3.8, 4) is 0 Å². The van der Waals surface area contributed by atoms with Crippen molar-refractivity contribution in [2.24, 2.45) is 0 Å². The number of hydrogen-bond acceptors (Lipinski definition) is 4. The number of carbonyl (C=O) groups excluding carboxylic acids is 1. The number of aromatic carboxylic acids is 1. The first kappa shape index (κ1) is 15.5. The average molecular weight is 282 g/mol. The van der Waals surface area contributed by atoms with Gasteiger partial charge in [0.1, 0.15) is 5.69 Å². The van der Waals surface area contributed by atoms with Crippen LogP contribution in [0.1, 0.15) is 37.2 Å². The van der Waals surface area contributed by atoms with Crippen molar-refractivity contribution >= 4 is 23.6 Å². The van der Waals surface area contributed by atoms with Gasteiger partial charge in [0.25, 0.3) is 0 Å². The Kier molecular flexibility index (Phi) is 6.35. The Balaban J connectivity index is 2.56. The third-order valence-electron chi connectivity index (χ3n) is 2.46. The highest BCUT2D eigenvalue weighted by Crippen LogP contribution is 2.23. The van der Waals surface area contributed by atoms with Crippen molar-refractivity contribution in [1.29, 1.82) is 0 Å². The minimum atomic E-state index is -1.07. The molecule has 0 spiro atoms. The fourth-order valence-electron chi connectivity index (χ4n) is 1.39. The lowest BCUT2D eigenvalue weighted by Gasteiger charge is -2.11. The fourth-order valence-corrected chi connectivity index (χ4v) is 2.31. The number of rotatable bonds is 7. The van der Waals surface area contributed by atoms with E-state index >= 15 is 0 Å². The predicted molar refractivity (Wildman–Crippen MR) is 74.4 cm³/mol. The lowest BCUT2D eigenvalue weighted by molar-refractivity contribution is -0.120.